The van der Waals surface area contributed by atoms with Gasteiger partial charge in [-0.25, -0.2) is 0 Å². The molecule has 100 valence electrons. The standard InChI is InChI=1S/C15H23NO2/c1-11(15(17-2)18-3)16-14-10-6-8-12-7-4-5-9-13(12)14/h6,8,10-11,15-16H,4-5,7,9H2,1-3H3. The van der Waals surface area contributed by atoms with E-state index in [1.807, 2.05) is 0 Å². The second-order valence-corrected chi connectivity index (χ2v) is 4.92. The van der Waals surface area contributed by atoms with E-state index in [9.17, 15) is 0 Å². The normalized spacial score (nSPS) is 16.4. The minimum Gasteiger partial charge on any atom is -0.377 e. The molecule has 0 fully saturated rings. The van der Waals surface area contributed by atoms with Crippen LogP contribution < -0.4 is 5.32 Å². The lowest BCUT2D eigenvalue weighted by molar-refractivity contribution is -0.109. The molecule has 18 heavy (non-hydrogen) atoms. The number of benzene rings is 1. The molecule has 3 heteroatoms. The lowest BCUT2D eigenvalue weighted by Crippen LogP contribution is -2.34. The highest BCUT2D eigenvalue weighted by Crippen LogP contribution is 2.28. The van der Waals surface area contributed by atoms with Gasteiger partial charge in [-0.2, -0.15) is 0 Å². The number of rotatable bonds is 5. The van der Waals surface area contributed by atoms with Gasteiger partial charge < -0.3 is 14.8 Å². The second kappa shape index (κ2) is 6.21. The number of hydrogen-bond acceptors (Lipinski definition) is 3. The molecule has 2 rings (SSSR count). The Morgan fingerprint density at radius 1 is 1.11 bits per heavy atom. The average Bonchev–Trinajstić information content (AvgIpc) is 2.40. The first-order valence-corrected chi connectivity index (χ1v) is 6.69. The third-order valence-corrected chi connectivity index (χ3v) is 3.65. The van der Waals surface area contributed by atoms with Crippen molar-refractivity contribution < 1.29 is 9.47 Å². The molecule has 0 bridgehead atoms. The fourth-order valence-corrected chi connectivity index (χ4v) is 2.73. The highest BCUT2D eigenvalue weighted by Gasteiger charge is 2.18. The second-order valence-electron chi connectivity index (χ2n) is 4.92. The Bertz CT molecular complexity index is 388. The molecular formula is C15H23NO2. The number of hydrogen-bond donors (Lipinski definition) is 1. The summed E-state index contributed by atoms with van der Waals surface area (Å²) in [6, 6.07) is 6.67. The number of methoxy groups -OCH3 is 2. The topological polar surface area (TPSA) is 30.5 Å². The lowest BCUT2D eigenvalue weighted by atomic mass is 9.90. The van der Waals surface area contributed by atoms with Gasteiger partial charge >= 0.3 is 0 Å². The van der Waals surface area contributed by atoms with Gasteiger partial charge in [-0.15, -0.1) is 0 Å². The van der Waals surface area contributed by atoms with E-state index in [1.165, 1.54) is 42.5 Å². The quantitative estimate of drug-likeness (QED) is 0.814. The maximum absolute atomic E-state index is 5.29. The van der Waals surface area contributed by atoms with Crippen LogP contribution in [0.25, 0.3) is 0 Å². The smallest absolute Gasteiger partial charge is 0.176 e. The van der Waals surface area contributed by atoms with E-state index >= 15 is 0 Å². The molecule has 0 radical (unpaired) electrons. The molecule has 1 atom stereocenters. The minimum absolute atomic E-state index is 0.133. The fourth-order valence-electron chi connectivity index (χ4n) is 2.73. The molecule has 1 aliphatic carbocycles. The van der Waals surface area contributed by atoms with Crippen LogP contribution in [0.5, 0.6) is 0 Å². The first-order chi connectivity index (χ1) is 8.76. The molecule has 1 N–H and O–H groups in total. The van der Waals surface area contributed by atoms with E-state index < -0.39 is 0 Å². The molecule has 0 heterocycles. The highest BCUT2D eigenvalue weighted by molar-refractivity contribution is 5.56. The zero-order valence-electron chi connectivity index (χ0n) is 11.5. The molecule has 0 aliphatic heterocycles. The van der Waals surface area contributed by atoms with Crippen molar-refractivity contribution >= 4 is 5.69 Å². The van der Waals surface area contributed by atoms with Gasteiger partial charge in [0.25, 0.3) is 0 Å². The van der Waals surface area contributed by atoms with Gasteiger partial charge in [0.15, 0.2) is 6.29 Å². The van der Waals surface area contributed by atoms with Crippen LogP contribution in [-0.4, -0.2) is 26.6 Å². The molecule has 0 amide bonds. The first kappa shape index (κ1) is 13.4. The third-order valence-electron chi connectivity index (χ3n) is 3.65. The van der Waals surface area contributed by atoms with Crippen LogP contribution in [0.4, 0.5) is 5.69 Å². The van der Waals surface area contributed by atoms with E-state index in [0.717, 1.165) is 0 Å². The van der Waals surface area contributed by atoms with Crippen LogP contribution in [0, 0.1) is 0 Å². The van der Waals surface area contributed by atoms with Crippen LogP contribution in [0.15, 0.2) is 18.2 Å². The third kappa shape index (κ3) is 2.85. The van der Waals surface area contributed by atoms with Crippen molar-refractivity contribution in [1.82, 2.24) is 0 Å². The number of nitrogens with one attached hydrogen (secondary N) is 1. The number of ether oxygens (including phenoxy) is 2. The molecule has 0 aromatic heterocycles. The Kier molecular flexibility index (Phi) is 4.61. The molecule has 1 aliphatic rings. The number of aryl methyl sites for hydroxylation is 1. The van der Waals surface area contributed by atoms with Gasteiger partial charge in [-0.05, 0) is 49.8 Å². The summed E-state index contributed by atoms with van der Waals surface area (Å²) in [5.41, 5.74) is 4.20. The number of fused-ring (bicyclic) bond motifs is 1. The maximum atomic E-state index is 5.29. The van der Waals surface area contributed by atoms with E-state index in [2.05, 4.69) is 30.4 Å². The van der Waals surface area contributed by atoms with E-state index in [1.54, 1.807) is 14.2 Å². The minimum atomic E-state index is -0.218. The van der Waals surface area contributed by atoms with Crippen molar-refractivity contribution in [2.45, 2.75) is 44.9 Å². The van der Waals surface area contributed by atoms with Crippen LogP contribution in [0.1, 0.15) is 30.9 Å². The molecule has 1 aromatic rings. The summed E-state index contributed by atoms with van der Waals surface area (Å²) in [5.74, 6) is 0. The molecule has 0 saturated heterocycles. The zero-order chi connectivity index (χ0) is 13.0. The number of anilines is 1. The summed E-state index contributed by atoms with van der Waals surface area (Å²) < 4.78 is 10.6. The van der Waals surface area contributed by atoms with Gasteiger partial charge in [-0.1, -0.05) is 12.1 Å². The van der Waals surface area contributed by atoms with Gasteiger partial charge in [0.1, 0.15) is 0 Å². The highest BCUT2D eigenvalue weighted by atomic mass is 16.7. The van der Waals surface area contributed by atoms with E-state index in [-0.39, 0.29) is 12.3 Å². The largest absolute Gasteiger partial charge is 0.377 e. The van der Waals surface area contributed by atoms with Crippen molar-refractivity contribution in [3.05, 3.63) is 29.3 Å². The Morgan fingerprint density at radius 3 is 2.56 bits per heavy atom. The van der Waals surface area contributed by atoms with Crippen LogP contribution in [-0.2, 0) is 22.3 Å². The molecule has 0 spiro atoms. The van der Waals surface area contributed by atoms with Crippen LogP contribution in [0.3, 0.4) is 0 Å². The first-order valence-electron chi connectivity index (χ1n) is 6.69. The summed E-state index contributed by atoms with van der Waals surface area (Å²) in [5, 5.41) is 3.52. The van der Waals surface area contributed by atoms with E-state index in [0.29, 0.717) is 0 Å². The van der Waals surface area contributed by atoms with Gasteiger partial charge in [0.05, 0.1) is 6.04 Å². The van der Waals surface area contributed by atoms with Crippen molar-refractivity contribution in [3.63, 3.8) is 0 Å². The molecule has 0 saturated carbocycles. The summed E-state index contributed by atoms with van der Waals surface area (Å²) in [4.78, 5) is 0. The van der Waals surface area contributed by atoms with Gasteiger partial charge in [0, 0.05) is 19.9 Å². The molecular weight excluding hydrogens is 226 g/mol. The molecule has 3 nitrogen and oxygen atoms in total. The Balaban J connectivity index is 2.14. The Labute approximate surface area is 109 Å². The van der Waals surface area contributed by atoms with Gasteiger partial charge in [-0.3, -0.25) is 0 Å². The Morgan fingerprint density at radius 2 is 1.83 bits per heavy atom. The monoisotopic (exact) mass is 249 g/mol. The Hall–Kier alpha value is -1.06. The lowest BCUT2D eigenvalue weighted by Gasteiger charge is -2.26. The van der Waals surface area contributed by atoms with Crippen molar-refractivity contribution in [3.8, 4) is 0 Å². The molecule has 1 aromatic carbocycles. The average molecular weight is 249 g/mol. The SMILES string of the molecule is COC(OC)C(C)Nc1cccc2c1CCCC2. The van der Waals surface area contributed by atoms with Crippen molar-refractivity contribution in [2.75, 3.05) is 19.5 Å². The van der Waals surface area contributed by atoms with Crippen molar-refractivity contribution in [2.24, 2.45) is 0 Å². The summed E-state index contributed by atoms with van der Waals surface area (Å²) in [7, 11) is 3.35. The summed E-state index contributed by atoms with van der Waals surface area (Å²) in [6.07, 6.45) is 4.76. The fraction of sp³-hybridized carbons (Fsp3) is 0.600. The predicted molar refractivity (Wildman–Crippen MR) is 74.0 cm³/mol. The van der Waals surface area contributed by atoms with Crippen molar-refractivity contribution in [1.29, 1.82) is 0 Å². The zero-order valence-corrected chi connectivity index (χ0v) is 11.5. The van der Waals surface area contributed by atoms with Gasteiger partial charge in [0.2, 0.25) is 0 Å². The summed E-state index contributed by atoms with van der Waals surface area (Å²) >= 11 is 0. The van der Waals surface area contributed by atoms with Crippen LogP contribution in [0.2, 0.25) is 0 Å². The maximum Gasteiger partial charge on any atom is 0.176 e. The van der Waals surface area contributed by atoms with E-state index in [4.69, 9.17) is 9.47 Å². The summed E-state index contributed by atoms with van der Waals surface area (Å²) in [6.45, 7) is 2.08. The predicted octanol–water partition coefficient (Wildman–Crippen LogP) is 2.98. The molecule has 1 unspecified atom stereocenters. The van der Waals surface area contributed by atoms with Crippen LogP contribution >= 0.6 is 0 Å².